The Morgan fingerprint density at radius 2 is 0.800 bits per heavy atom. The average molecular weight is 953 g/mol. The number of carbonyl (C=O) groups is 1. The Labute approximate surface area is 345 Å². The van der Waals surface area contributed by atoms with Crippen LogP contribution in [0, 0.1) is 126 Å². The van der Waals surface area contributed by atoms with Gasteiger partial charge in [0.05, 0.1) is 11.1 Å². The molecule has 7 nitrogen and oxygen atoms in total. The number of nitro groups is 1. The van der Waals surface area contributed by atoms with Gasteiger partial charge in [-0.15, -0.1) is 21.9 Å². The molecule has 0 aliphatic carbocycles. The topological polar surface area (TPSA) is 86.2 Å². The SMILES string of the molecule is Fc1c(F)c(F)c([B-](c2c(F)c(F)c(F)c(F)c2F)(c2c(F)c(F)c(F)c(F)c2F)c2c(F)c(F)c(F)c(F)c2F)c(F)c1F.O=C(C[n+]1ccncc1OC[N+](=O)[O-])c1ccccc1. The van der Waals surface area contributed by atoms with Gasteiger partial charge in [-0.05, 0) is 0 Å². The lowest BCUT2D eigenvalue weighted by Gasteiger charge is -2.44. The Balaban J connectivity index is 0.000000330. The molecule has 1 aromatic heterocycles. The first kappa shape index (κ1) is 48.7. The van der Waals surface area contributed by atoms with Gasteiger partial charge in [0.15, 0.2) is 76.0 Å². The van der Waals surface area contributed by atoms with Crippen molar-refractivity contribution in [2.75, 3.05) is 6.73 Å². The fraction of sp³-hybridized carbons (Fsp3) is 0.0541. The van der Waals surface area contributed by atoms with Gasteiger partial charge in [0.1, 0.15) is 58.9 Å². The van der Waals surface area contributed by atoms with E-state index in [0.29, 0.717) is 5.56 Å². The number of hydrogen-bond donors (Lipinski definition) is 0. The third kappa shape index (κ3) is 8.11. The standard InChI is InChI=1S/C24BF20.C13H12N3O4/c26-5-1(6(27)14(35)21(42)13(5)34)25(2-7(28)15(36)22(43)16(37)8(2)29,3-9(30)17(38)23(44)18(39)10(3)31)4-11(32)19(40)24(45)20(41)12(4)33;17-12(11-4-2-1-3-5-11)9-15-7-6-14-8-13(15)20-10-16(18)19/h;1-8H,9-10H2/q-1;+1. The minimum absolute atomic E-state index is 0.0274. The first-order valence-corrected chi connectivity index (χ1v) is 16.8. The summed E-state index contributed by atoms with van der Waals surface area (Å²) in [5.74, 6) is -71.3. The summed E-state index contributed by atoms with van der Waals surface area (Å²) >= 11 is 0. The number of hydrogen-bond acceptors (Lipinski definition) is 5. The van der Waals surface area contributed by atoms with Gasteiger partial charge >= 0.3 is 12.6 Å². The third-order valence-corrected chi connectivity index (χ3v) is 9.24. The number of Topliss-reactive ketones (excluding diaryl/α,β-unsaturated/α-hetero) is 1. The highest BCUT2D eigenvalue weighted by molar-refractivity contribution is 7.20. The van der Waals surface area contributed by atoms with Crippen molar-refractivity contribution in [1.29, 1.82) is 0 Å². The molecule has 0 unspecified atom stereocenters. The number of halogens is 20. The Morgan fingerprint density at radius 1 is 0.508 bits per heavy atom. The highest BCUT2D eigenvalue weighted by Crippen LogP contribution is 2.30. The van der Waals surface area contributed by atoms with Crippen LogP contribution in [0.15, 0.2) is 48.9 Å². The Kier molecular flexibility index (Phi) is 13.8. The van der Waals surface area contributed by atoms with Crippen molar-refractivity contribution in [3.63, 3.8) is 0 Å². The number of ether oxygens (including phenoxy) is 1. The second kappa shape index (κ2) is 18.4. The predicted molar refractivity (Wildman–Crippen MR) is 177 cm³/mol. The largest absolute Gasteiger partial charge is 0.392 e. The Hall–Kier alpha value is -7.29. The van der Waals surface area contributed by atoms with Gasteiger partial charge in [0.25, 0.3) is 0 Å². The summed E-state index contributed by atoms with van der Waals surface area (Å²) in [5, 5.41) is 10.3. The molecule has 0 radical (unpaired) electrons. The molecule has 0 saturated carbocycles. The number of nitrogens with zero attached hydrogens (tertiary/aromatic N) is 3. The molecule has 6 aromatic rings. The first-order chi connectivity index (χ1) is 30.4. The van der Waals surface area contributed by atoms with Crippen LogP contribution in [0.4, 0.5) is 87.8 Å². The molecule has 0 N–H and O–H groups in total. The van der Waals surface area contributed by atoms with E-state index in [1.165, 1.54) is 23.2 Å². The summed E-state index contributed by atoms with van der Waals surface area (Å²) in [6.07, 6.45) is -2.86. The van der Waals surface area contributed by atoms with Crippen molar-refractivity contribution >= 4 is 33.8 Å². The summed E-state index contributed by atoms with van der Waals surface area (Å²) in [7, 11) is 0. The van der Waals surface area contributed by atoms with E-state index in [1.807, 2.05) is 6.07 Å². The van der Waals surface area contributed by atoms with Crippen LogP contribution in [-0.2, 0) is 6.54 Å². The molecule has 0 bridgehead atoms. The summed E-state index contributed by atoms with van der Waals surface area (Å²) in [4.78, 5) is 25.6. The minimum atomic E-state index is -7.22. The Bertz CT molecular complexity index is 2550. The number of ketones is 1. The molecule has 1 heterocycles. The molecule has 0 amide bonds. The van der Waals surface area contributed by atoms with Crippen molar-refractivity contribution in [3.8, 4) is 5.88 Å². The van der Waals surface area contributed by atoms with Crippen LogP contribution in [-0.4, -0.2) is 28.6 Å². The van der Waals surface area contributed by atoms with Crippen LogP contribution in [0.2, 0.25) is 0 Å². The quantitative estimate of drug-likeness (QED) is 0.0176. The van der Waals surface area contributed by atoms with Crippen molar-refractivity contribution in [2.24, 2.45) is 0 Å². The second-order valence-corrected chi connectivity index (χ2v) is 12.7. The highest BCUT2D eigenvalue weighted by Gasteiger charge is 2.52. The number of carbonyl (C=O) groups excluding carboxylic acids is 1. The van der Waals surface area contributed by atoms with Gasteiger partial charge in [-0.2, -0.15) is 4.57 Å². The summed E-state index contributed by atoms with van der Waals surface area (Å²) in [6.45, 7) is -0.648. The van der Waals surface area contributed by atoms with Gasteiger partial charge < -0.3 is 4.74 Å². The maximum absolute atomic E-state index is 15.4. The summed E-state index contributed by atoms with van der Waals surface area (Å²) in [6, 6.07) is 8.79. The van der Waals surface area contributed by atoms with Crippen LogP contribution in [0.25, 0.3) is 0 Å². The number of benzene rings is 5. The lowest BCUT2D eigenvalue weighted by molar-refractivity contribution is -0.694. The van der Waals surface area contributed by atoms with Crippen LogP contribution < -0.4 is 31.2 Å². The molecule has 28 heteroatoms. The minimum Gasteiger partial charge on any atom is -0.377 e. The lowest BCUT2D eigenvalue weighted by Crippen LogP contribution is -2.81. The maximum Gasteiger partial charge on any atom is 0.392 e. The number of rotatable bonds is 10. The average Bonchev–Trinajstić information content (AvgIpc) is 3.29. The molecular weight excluding hydrogens is 941 g/mol. The second-order valence-electron chi connectivity index (χ2n) is 12.7. The van der Waals surface area contributed by atoms with Crippen LogP contribution in [0.5, 0.6) is 5.88 Å². The highest BCUT2D eigenvalue weighted by atomic mass is 19.2. The molecule has 0 aliphatic rings. The maximum atomic E-state index is 15.4. The zero-order chi connectivity index (χ0) is 48.7. The first-order valence-electron chi connectivity index (χ1n) is 16.8. The summed E-state index contributed by atoms with van der Waals surface area (Å²) < 4.78 is 300. The molecule has 0 spiro atoms. The van der Waals surface area contributed by atoms with Gasteiger partial charge in [-0.25, -0.2) is 92.8 Å². The molecule has 0 saturated heterocycles. The van der Waals surface area contributed by atoms with Gasteiger partial charge in [0, 0.05) is 5.56 Å². The van der Waals surface area contributed by atoms with E-state index < -0.39 is 156 Å². The zero-order valence-electron chi connectivity index (χ0n) is 30.6. The van der Waals surface area contributed by atoms with Crippen molar-refractivity contribution < 1.29 is 107 Å². The molecule has 0 aliphatic heterocycles. The number of aromatic nitrogens is 2. The van der Waals surface area contributed by atoms with E-state index in [9.17, 15) is 67.6 Å². The molecule has 0 atom stereocenters. The van der Waals surface area contributed by atoms with E-state index in [2.05, 4.69) is 4.98 Å². The van der Waals surface area contributed by atoms with Crippen molar-refractivity contribution in [2.45, 2.75) is 6.54 Å². The van der Waals surface area contributed by atoms with E-state index in [-0.39, 0.29) is 18.2 Å². The molecular formula is C37H12BF20N3O4. The van der Waals surface area contributed by atoms with Crippen LogP contribution in [0.3, 0.4) is 0 Å². The smallest absolute Gasteiger partial charge is 0.377 e. The molecule has 6 rings (SSSR count). The third-order valence-electron chi connectivity index (χ3n) is 9.24. The van der Waals surface area contributed by atoms with Crippen LogP contribution >= 0.6 is 0 Å². The predicted octanol–water partition coefficient (Wildman–Crippen LogP) is 6.71. The molecule has 342 valence electrons. The molecule has 0 fully saturated rings. The van der Waals surface area contributed by atoms with E-state index in [1.54, 1.807) is 24.3 Å². The van der Waals surface area contributed by atoms with Crippen molar-refractivity contribution in [1.82, 2.24) is 4.98 Å². The van der Waals surface area contributed by atoms with E-state index in [0.717, 1.165) is 0 Å². The van der Waals surface area contributed by atoms with E-state index in [4.69, 9.17) is 4.74 Å². The van der Waals surface area contributed by atoms with Gasteiger partial charge in [-0.1, -0.05) is 30.3 Å². The fourth-order valence-corrected chi connectivity index (χ4v) is 6.49. The van der Waals surface area contributed by atoms with Gasteiger partial charge in [-0.3, -0.25) is 14.9 Å². The fourth-order valence-electron chi connectivity index (χ4n) is 6.49. The van der Waals surface area contributed by atoms with E-state index >= 15 is 35.1 Å². The van der Waals surface area contributed by atoms with Gasteiger partial charge in [0.2, 0.25) is 12.3 Å². The molecule has 65 heavy (non-hydrogen) atoms. The molecule has 5 aromatic carbocycles. The normalized spacial score (nSPS) is 11.4. The monoisotopic (exact) mass is 953 g/mol. The zero-order valence-corrected chi connectivity index (χ0v) is 30.6. The Morgan fingerprint density at radius 3 is 1.09 bits per heavy atom. The van der Waals surface area contributed by atoms with Crippen LogP contribution in [0.1, 0.15) is 10.4 Å². The lowest BCUT2D eigenvalue weighted by atomic mass is 9.12. The summed E-state index contributed by atoms with van der Waals surface area (Å²) in [5.41, 5.74) is -13.8. The van der Waals surface area contributed by atoms with Crippen molar-refractivity contribution in [3.05, 3.63) is 181 Å².